The largest absolute Gasteiger partial charge is 0.504 e. The molecule has 260 valence electrons. The molecule has 3 N–H and O–H groups in total. The first kappa shape index (κ1) is 33.3. The first-order valence-corrected chi connectivity index (χ1v) is 16.7. The SMILES string of the molecule is COc1c(C)c(OC)c2c(c1O)[C@@H]1[C@@H]3Cc4c(OC)c(C)c(OC)c(O)c4[C@H](CNC(=O)c4cccc5ccccc45)N3C(C#N)[C@H](C2)N1C. The number of rotatable bonds is 7. The highest BCUT2D eigenvalue weighted by Gasteiger charge is 2.57. The van der Waals surface area contributed by atoms with Gasteiger partial charge in [-0.2, -0.15) is 5.26 Å². The third kappa shape index (κ3) is 4.66. The molecule has 0 spiro atoms. The highest BCUT2D eigenvalue weighted by atomic mass is 16.5. The summed E-state index contributed by atoms with van der Waals surface area (Å²) in [5.74, 6) is 1.54. The Labute approximate surface area is 291 Å². The van der Waals surface area contributed by atoms with Gasteiger partial charge in [-0.25, -0.2) is 0 Å². The number of phenols is 2. The summed E-state index contributed by atoms with van der Waals surface area (Å²) >= 11 is 0. The van der Waals surface area contributed by atoms with E-state index in [4.69, 9.17) is 18.9 Å². The van der Waals surface area contributed by atoms with Crippen molar-refractivity contribution in [2.24, 2.45) is 0 Å². The molecule has 11 nitrogen and oxygen atoms in total. The number of carbonyl (C=O) groups is 1. The van der Waals surface area contributed by atoms with Crippen LogP contribution in [0, 0.1) is 25.2 Å². The lowest BCUT2D eigenvalue weighted by Gasteiger charge is -2.60. The lowest BCUT2D eigenvalue weighted by molar-refractivity contribution is -0.0724. The number of hydrogen-bond donors (Lipinski definition) is 3. The molecule has 0 aliphatic carbocycles. The average molecular weight is 679 g/mol. The van der Waals surface area contributed by atoms with Crippen molar-refractivity contribution in [2.45, 2.75) is 56.9 Å². The van der Waals surface area contributed by atoms with Crippen molar-refractivity contribution in [3.63, 3.8) is 0 Å². The van der Waals surface area contributed by atoms with Crippen LogP contribution >= 0.6 is 0 Å². The molecular weight excluding hydrogens is 636 g/mol. The van der Waals surface area contributed by atoms with Crippen LogP contribution in [0.3, 0.4) is 0 Å². The van der Waals surface area contributed by atoms with Gasteiger partial charge in [-0.05, 0) is 50.6 Å². The zero-order chi connectivity index (χ0) is 35.6. The standard InChI is InChI=1S/C39H42N4O7/c1-19-35(47-4)24-16-27-32-31-25(36(48-5)20(2)38(50-7)34(31)45)15-26(42(32)3)28(17-40)43(27)29(30(24)33(44)37(19)49-6)18-41-39(46)23-14-10-12-21-11-8-9-13-22(21)23/h8-14,26-29,32,44-45H,15-16,18H2,1-7H3,(H,41,46)/t26-,27-,28?,29-,32-/m0/s1. The molecule has 5 atom stereocenters. The van der Waals surface area contributed by atoms with Crippen LogP contribution in [0.5, 0.6) is 34.5 Å². The van der Waals surface area contributed by atoms with Gasteiger partial charge in [0, 0.05) is 57.6 Å². The van der Waals surface area contributed by atoms with Gasteiger partial charge in [0.25, 0.3) is 5.91 Å². The number of ether oxygens (including phenoxy) is 4. The number of piperazine rings is 1. The zero-order valence-electron chi connectivity index (χ0n) is 29.3. The van der Waals surface area contributed by atoms with Gasteiger partial charge in [-0.1, -0.05) is 36.4 Å². The predicted molar refractivity (Wildman–Crippen MR) is 188 cm³/mol. The van der Waals surface area contributed by atoms with E-state index in [9.17, 15) is 20.3 Å². The minimum atomic E-state index is -0.660. The molecule has 1 unspecified atom stereocenters. The van der Waals surface area contributed by atoms with Crippen molar-refractivity contribution in [2.75, 3.05) is 42.0 Å². The lowest BCUT2D eigenvalue weighted by atomic mass is 9.71. The number of methoxy groups -OCH3 is 4. The summed E-state index contributed by atoms with van der Waals surface area (Å²) in [4.78, 5) is 18.3. The second-order valence-electron chi connectivity index (χ2n) is 13.3. The smallest absolute Gasteiger partial charge is 0.251 e. The number of benzene rings is 4. The molecule has 2 bridgehead atoms. The van der Waals surface area contributed by atoms with Crippen LogP contribution < -0.4 is 24.3 Å². The average Bonchev–Trinajstić information content (AvgIpc) is 3.11. The van der Waals surface area contributed by atoms with E-state index >= 15 is 0 Å². The maximum Gasteiger partial charge on any atom is 0.251 e. The topological polar surface area (TPSA) is 137 Å². The molecule has 50 heavy (non-hydrogen) atoms. The minimum absolute atomic E-state index is 0.0405. The number of hydrogen-bond acceptors (Lipinski definition) is 10. The van der Waals surface area contributed by atoms with E-state index in [0.29, 0.717) is 57.9 Å². The van der Waals surface area contributed by atoms with Gasteiger partial charge in [0.1, 0.15) is 17.5 Å². The molecule has 4 aromatic rings. The molecule has 0 radical (unpaired) electrons. The summed E-state index contributed by atoms with van der Waals surface area (Å²) in [6, 6.07) is 13.5. The molecule has 3 aliphatic heterocycles. The molecular formula is C39H42N4O7. The van der Waals surface area contributed by atoms with E-state index in [-0.39, 0.29) is 35.7 Å². The summed E-state index contributed by atoms with van der Waals surface area (Å²) in [6.07, 6.45) is 0.807. The Morgan fingerprint density at radius 2 is 1.40 bits per heavy atom. The highest BCUT2D eigenvalue weighted by Crippen LogP contribution is 2.58. The first-order chi connectivity index (χ1) is 24.1. The van der Waals surface area contributed by atoms with Gasteiger partial charge < -0.3 is 34.5 Å². The number of carbonyl (C=O) groups excluding carboxylic acids is 1. The van der Waals surface area contributed by atoms with Crippen molar-refractivity contribution < 1.29 is 34.0 Å². The van der Waals surface area contributed by atoms with Crippen LogP contribution in [0.1, 0.15) is 55.8 Å². The summed E-state index contributed by atoms with van der Waals surface area (Å²) in [5, 5.41) is 39.7. The Morgan fingerprint density at radius 1 is 0.840 bits per heavy atom. The van der Waals surface area contributed by atoms with Crippen molar-refractivity contribution >= 4 is 16.7 Å². The van der Waals surface area contributed by atoms with E-state index in [1.165, 1.54) is 14.2 Å². The van der Waals surface area contributed by atoms with E-state index in [2.05, 4.69) is 21.2 Å². The summed E-state index contributed by atoms with van der Waals surface area (Å²) in [7, 11) is 8.20. The van der Waals surface area contributed by atoms with E-state index in [1.54, 1.807) is 20.3 Å². The normalized spacial score (nSPS) is 22.5. The fraction of sp³-hybridized carbons (Fsp3) is 0.385. The minimum Gasteiger partial charge on any atom is -0.504 e. The third-order valence-corrected chi connectivity index (χ3v) is 11.2. The lowest BCUT2D eigenvalue weighted by Crippen LogP contribution is -2.68. The molecule has 11 heteroatoms. The fourth-order valence-electron chi connectivity index (χ4n) is 9.12. The predicted octanol–water partition coefficient (Wildman–Crippen LogP) is 5.10. The Bertz CT molecular complexity index is 2070. The van der Waals surface area contributed by atoms with Crippen LogP contribution in [0.4, 0.5) is 0 Å². The van der Waals surface area contributed by atoms with Crippen molar-refractivity contribution in [3.8, 4) is 40.6 Å². The van der Waals surface area contributed by atoms with Crippen LogP contribution in [-0.4, -0.2) is 86.1 Å². The second-order valence-corrected chi connectivity index (χ2v) is 13.3. The quantitative estimate of drug-likeness (QED) is 0.242. The highest BCUT2D eigenvalue weighted by molar-refractivity contribution is 6.07. The second kappa shape index (κ2) is 12.6. The maximum absolute atomic E-state index is 14.0. The number of likely N-dealkylation sites (N-methyl/N-ethyl adjacent to an activating group) is 1. The summed E-state index contributed by atoms with van der Waals surface area (Å²) in [6.45, 7) is 3.77. The van der Waals surface area contributed by atoms with Crippen LogP contribution in [0.15, 0.2) is 42.5 Å². The monoisotopic (exact) mass is 678 g/mol. The van der Waals surface area contributed by atoms with E-state index in [1.807, 2.05) is 57.3 Å². The number of nitrogens with one attached hydrogen (secondary N) is 1. The molecule has 3 heterocycles. The molecule has 0 aromatic heterocycles. The van der Waals surface area contributed by atoms with Gasteiger partial charge in [0.2, 0.25) is 0 Å². The Balaban J connectivity index is 1.43. The van der Waals surface area contributed by atoms with Crippen molar-refractivity contribution in [1.82, 2.24) is 15.1 Å². The van der Waals surface area contributed by atoms with Crippen molar-refractivity contribution in [1.29, 1.82) is 5.26 Å². The van der Waals surface area contributed by atoms with Gasteiger partial charge in [0.05, 0.1) is 46.6 Å². The van der Waals surface area contributed by atoms with E-state index in [0.717, 1.165) is 21.9 Å². The Kier molecular flexibility index (Phi) is 8.40. The van der Waals surface area contributed by atoms with Crippen LogP contribution in [0.25, 0.3) is 10.8 Å². The fourth-order valence-corrected chi connectivity index (χ4v) is 9.12. The molecule has 4 aromatic carbocycles. The third-order valence-electron chi connectivity index (χ3n) is 11.2. The van der Waals surface area contributed by atoms with Gasteiger partial charge in [0.15, 0.2) is 23.0 Å². The summed E-state index contributed by atoms with van der Waals surface area (Å²) in [5.41, 5.74) is 4.70. The number of nitrogens with zero attached hydrogens (tertiary/aromatic N) is 3. The van der Waals surface area contributed by atoms with Crippen LogP contribution in [0.2, 0.25) is 0 Å². The molecule has 1 amide bonds. The molecule has 1 saturated heterocycles. The first-order valence-electron chi connectivity index (χ1n) is 16.7. The summed E-state index contributed by atoms with van der Waals surface area (Å²) < 4.78 is 23.4. The molecule has 1 fully saturated rings. The molecule has 3 aliphatic rings. The number of amides is 1. The number of phenolic OH excluding ortho intramolecular Hbond substituents is 2. The zero-order valence-corrected chi connectivity index (χ0v) is 29.3. The number of nitriles is 1. The Hall–Kier alpha value is -5.18. The van der Waals surface area contributed by atoms with Gasteiger partial charge in [-0.15, -0.1) is 0 Å². The van der Waals surface area contributed by atoms with Gasteiger partial charge in [-0.3, -0.25) is 14.6 Å². The Morgan fingerprint density at radius 3 is 2.02 bits per heavy atom. The number of aromatic hydroxyl groups is 2. The van der Waals surface area contributed by atoms with Crippen molar-refractivity contribution in [3.05, 3.63) is 81.4 Å². The van der Waals surface area contributed by atoms with Crippen LogP contribution in [-0.2, 0) is 12.8 Å². The number of fused-ring (bicyclic) bond motifs is 8. The van der Waals surface area contributed by atoms with Gasteiger partial charge >= 0.3 is 0 Å². The molecule has 0 saturated carbocycles. The maximum atomic E-state index is 14.0. The molecule has 7 rings (SSSR count). The van der Waals surface area contributed by atoms with E-state index < -0.39 is 24.2 Å².